The molecule has 1 aromatic carbocycles. The van der Waals surface area contributed by atoms with Gasteiger partial charge in [0.1, 0.15) is 0 Å². The third-order valence-corrected chi connectivity index (χ3v) is 3.99. The van der Waals surface area contributed by atoms with Crippen LogP contribution in [0.4, 0.5) is 5.69 Å². The normalized spacial score (nSPS) is 11.7. The standard InChI is InChI=1S/C11H18N4O3S/c1-2-14-19(17,18)15(8-11(13)16)7-9-5-3-4-6-10(9)12/h3-6,14H,2,7-8,12H2,1H3,(H2,13,16). The van der Waals surface area contributed by atoms with Gasteiger partial charge in [0, 0.05) is 18.8 Å². The molecule has 0 unspecified atom stereocenters. The summed E-state index contributed by atoms with van der Waals surface area (Å²) in [5.74, 6) is -0.726. The third-order valence-electron chi connectivity index (χ3n) is 2.40. The summed E-state index contributed by atoms with van der Waals surface area (Å²) in [5, 5.41) is 0. The van der Waals surface area contributed by atoms with Gasteiger partial charge in [-0.25, -0.2) is 4.72 Å². The number of primary amides is 1. The molecule has 19 heavy (non-hydrogen) atoms. The second kappa shape index (κ2) is 6.50. The number of nitrogens with two attached hydrogens (primary N) is 2. The van der Waals surface area contributed by atoms with Crippen LogP contribution in [0.3, 0.4) is 0 Å². The van der Waals surface area contributed by atoms with Crippen LogP contribution < -0.4 is 16.2 Å². The largest absolute Gasteiger partial charge is 0.398 e. The second-order valence-electron chi connectivity index (χ2n) is 3.94. The van der Waals surface area contributed by atoms with Crippen LogP contribution in [0.5, 0.6) is 0 Å². The smallest absolute Gasteiger partial charge is 0.280 e. The van der Waals surface area contributed by atoms with Crippen molar-refractivity contribution in [3.05, 3.63) is 29.8 Å². The lowest BCUT2D eigenvalue weighted by Crippen LogP contribution is -2.44. The Hall–Kier alpha value is -1.64. The zero-order valence-electron chi connectivity index (χ0n) is 10.7. The molecule has 0 bridgehead atoms. The number of hydrogen-bond acceptors (Lipinski definition) is 4. The topological polar surface area (TPSA) is 119 Å². The molecule has 106 valence electrons. The summed E-state index contributed by atoms with van der Waals surface area (Å²) in [7, 11) is -3.76. The van der Waals surface area contributed by atoms with Crippen molar-refractivity contribution in [2.45, 2.75) is 13.5 Å². The van der Waals surface area contributed by atoms with Crippen LogP contribution in [0.25, 0.3) is 0 Å². The highest BCUT2D eigenvalue weighted by Gasteiger charge is 2.23. The van der Waals surface area contributed by atoms with E-state index in [0.29, 0.717) is 11.3 Å². The Kier molecular flexibility index (Phi) is 5.28. The maximum absolute atomic E-state index is 11.9. The highest BCUT2D eigenvalue weighted by molar-refractivity contribution is 7.87. The van der Waals surface area contributed by atoms with Gasteiger partial charge in [0.05, 0.1) is 6.54 Å². The molecule has 0 aromatic heterocycles. The van der Waals surface area contributed by atoms with Crippen molar-refractivity contribution in [3.8, 4) is 0 Å². The lowest BCUT2D eigenvalue weighted by Gasteiger charge is -2.21. The van der Waals surface area contributed by atoms with E-state index in [1.54, 1.807) is 31.2 Å². The number of benzene rings is 1. The van der Waals surface area contributed by atoms with E-state index >= 15 is 0 Å². The van der Waals surface area contributed by atoms with Gasteiger partial charge in [0.15, 0.2) is 0 Å². The van der Waals surface area contributed by atoms with E-state index < -0.39 is 22.7 Å². The molecule has 1 rings (SSSR count). The van der Waals surface area contributed by atoms with Gasteiger partial charge < -0.3 is 11.5 Å². The lowest BCUT2D eigenvalue weighted by molar-refractivity contribution is -0.118. The number of hydrogen-bond donors (Lipinski definition) is 3. The fraction of sp³-hybridized carbons (Fsp3) is 0.364. The summed E-state index contributed by atoms with van der Waals surface area (Å²) >= 11 is 0. The predicted octanol–water partition coefficient (Wildman–Crippen LogP) is -0.590. The minimum Gasteiger partial charge on any atom is -0.398 e. The van der Waals surface area contributed by atoms with Crippen LogP contribution in [0.1, 0.15) is 12.5 Å². The fourth-order valence-electron chi connectivity index (χ4n) is 1.54. The Morgan fingerprint density at radius 3 is 2.53 bits per heavy atom. The molecule has 1 amide bonds. The Morgan fingerprint density at radius 1 is 1.37 bits per heavy atom. The van der Waals surface area contributed by atoms with E-state index in [9.17, 15) is 13.2 Å². The molecule has 0 heterocycles. The molecule has 0 atom stereocenters. The highest BCUT2D eigenvalue weighted by atomic mass is 32.2. The van der Waals surface area contributed by atoms with Crippen LogP contribution in [-0.2, 0) is 21.5 Å². The quantitative estimate of drug-likeness (QED) is 0.580. The molecule has 5 N–H and O–H groups in total. The van der Waals surface area contributed by atoms with Crippen LogP contribution in [0, 0.1) is 0 Å². The van der Waals surface area contributed by atoms with Crippen molar-refractivity contribution >= 4 is 21.8 Å². The van der Waals surface area contributed by atoms with Gasteiger partial charge in [0.2, 0.25) is 5.91 Å². The Balaban J connectivity index is 2.99. The summed E-state index contributed by atoms with van der Waals surface area (Å²) in [6, 6.07) is 6.85. The maximum atomic E-state index is 11.9. The van der Waals surface area contributed by atoms with Crippen LogP contribution in [0.2, 0.25) is 0 Å². The number of nitrogens with zero attached hydrogens (tertiary/aromatic N) is 1. The lowest BCUT2D eigenvalue weighted by atomic mass is 10.2. The number of rotatable bonds is 7. The zero-order chi connectivity index (χ0) is 14.5. The first kappa shape index (κ1) is 15.4. The van der Waals surface area contributed by atoms with Gasteiger partial charge in [-0.15, -0.1) is 0 Å². The number of para-hydroxylation sites is 1. The number of anilines is 1. The van der Waals surface area contributed by atoms with Crippen molar-refractivity contribution in [2.24, 2.45) is 5.73 Å². The van der Waals surface area contributed by atoms with Crippen molar-refractivity contribution in [1.82, 2.24) is 9.03 Å². The average Bonchev–Trinajstić information content (AvgIpc) is 2.30. The summed E-state index contributed by atoms with van der Waals surface area (Å²) < 4.78 is 27.2. The van der Waals surface area contributed by atoms with Gasteiger partial charge in [-0.05, 0) is 11.6 Å². The van der Waals surface area contributed by atoms with E-state index in [1.165, 1.54) is 0 Å². The molecule has 0 aliphatic rings. The number of amides is 1. The Morgan fingerprint density at radius 2 is 2.00 bits per heavy atom. The molecule has 0 aliphatic heterocycles. The fourth-order valence-corrected chi connectivity index (χ4v) is 2.70. The molecular formula is C11H18N4O3S. The molecule has 0 saturated carbocycles. The van der Waals surface area contributed by atoms with Gasteiger partial charge in [-0.3, -0.25) is 4.79 Å². The molecule has 0 saturated heterocycles. The second-order valence-corrected chi connectivity index (χ2v) is 5.69. The summed E-state index contributed by atoms with van der Waals surface area (Å²) in [4.78, 5) is 11.0. The van der Waals surface area contributed by atoms with Gasteiger partial charge in [-0.1, -0.05) is 25.1 Å². The van der Waals surface area contributed by atoms with E-state index in [2.05, 4.69) is 4.72 Å². The molecule has 0 fully saturated rings. The summed E-state index contributed by atoms with van der Waals surface area (Å²) in [6.07, 6.45) is 0. The first-order valence-electron chi connectivity index (χ1n) is 5.73. The van der Waals surface area contributed by atoms with E-state index in [1.807, 2.05) is 0 Å². The minimum absolute atomic E-state index is 0.00898. The van der Waals surface area contributed by atoms with Crippen molar-refractivity contribution < 1.29 is 13.2 Å². The molecular weight excluding hydrogens is 268 g/mol. The van der Waals surface area contributed by atoms with E-state index in [4.69, 9.17) is 11.5 Å². The Labute approximate surface area is 112 Å². The number of nitrogen functional groups attached to an aromatic ring is 1. The average molecular weight is 286 g/mol. The van der Waals surface area contributed by atoms with Crippen molar-refractivity contribution in [2.75, 3.05) is 18.8 Å². The highest BCUT2D eigenvalue weighted by Crippen LogP contribution is 2.14. The van der Waals surface area contributed by atoms with Gasteiger partial charge in [0.25, 0.3) is 10.2 Å². The predicted molar refractivity (Wildman–Crippen MR) is 73.1 cm³/mol. The zero-order valence-corrected chi connectivity index (χ0v) is 11.5. The first-order valence-corrected chi connectivity index (χ1v) is 7.17. The molecule has 7 nitrogen and oxygen atoms in total. The maximum Gasteiger partial charge on any atom is 0.280 e. The van der Waals surface area contributed by atoms with Crippen molar-refractivity contribution in [1.29, 1.82) is 0 Å². The molecule has 0 radical (unpaired) electrons. The summed E-state index contributed by atoms with van der Waals surface area (Å²) in [5.41, 5.74) is 11.9. The van der Waals surface area contributed by atoms with Gasteiger partial charge in [-0.2, -0.15) is 12.7 Å². The number of carbonyl (C=O) groups is 1. The van der Waals surface area contributed by atoms with Crippen LogP contribution in [-0.4, -0.2) is 31.7 Å². The van der Waals surface area contributed by atoms with Gasteiger partial charge >= 0.3 is 0 Å². The van der Waals surface area contributed by atoms with Crippen LogP contribution >= 0.6 is 0 Å². The molecule has 1 aromatic rings. The SMILES string of the molecule is CCNS(=O)(=O)N(CC(N)=O)Cc1ccccc1N. The number of nitrogens with one attached hydrogen (secondary N) is 1. The minimum atomic E-state index is -3.76. The third kappa shape index (κ3) is 4.51. The van der Waals surface area contributed by atoms with Crippen LogP contribution in [0.15, 0.2) is 24.3 Å². The van der Waals surface area contributed by atoms with E-state index in [-0.39, 0.29) is 13.1 Å². The first-order chi connectivity index (χ1) is 8.86. The molecule has 0 spiro atoms. The number of carbonyl (C=O) groups excluding carboxylic acids is 1. The summed E-state index contributed by atoms with van der Waals surface area (Å²) in [6.45, 7) is 1.47. The monoisotopic (exact) mass is 286 g/mol. The molecule has 0 aliphatic carbocycles. The van der Waals surface area contributed by atoms with E-state index in [0.717, 1.165) is 4.31 Å². The Bertz CT molecular complexity index is 545. The van der Waals surface area contributed by atoms with Crippen molar-refractivity contribution in [3.63, 3.8) is 0 Å². The molecule has 8 heteroatoms.